The maximum atomic E-state index is 13.0. The summed E-state index contributed by atoms with van der Waals surface area (Å²) in [5.41, 5.74) is 1.25. The van der Waals surface area contributed by atoms with E-state index in [0.29, 0.717) is 17.0 Å². The van der Waals surface area contributed by atoms with Crippen LogP contribution in [-0.2, 0) is 9.59 Å². The Morgan fingerprint density at radius 2 is 1.69 bits per heavy atom. The highest BCUT2D eigenvalue weighted by Gasteiger charge is 2.34. The number of ether oxygens (including phenoxy) is 1. The summed E-state index contributed by atoms with van der Waals surface area (Å²) >= 11 is 5.18. The summed E-state index contributed by atoms with van der Waals surface area (Å²) in [5.74, 6) is -0.383. The molecule has 3 rings (SSSR count). The zero-order valence-corrected chi connectivity index (χ0v) is 15.2. The van der Waals surface area contributed by atoms with Crippen LogP contribution in [0.2, 0.25) is 0 Å². The molecule has 0 unspecified atom stereocenters. The first kappa shape index (κ1) is 17.8. The van der Waals surface area contributed by atoms with Crippen molar-refractivity contribution < 1.29 is 14.3 Å². The Morgan fingerprint density at radius 1 is 1.04 bits per heavy atom. The number of nitrogens with zero attached hydrogens (tertiary/aromatic N) is 1. The quantitative estimate of drug-likeness (QED) is 0.512. The maximum absolute atomic E-state index is 13.0. The molecule has 0 radical (unpaired) electrons. The van der Waals surface area contributed by atoms with E-state index in [-0.39, 0.29) is 16.8 Å². The molecule has 26 heavy (non-hydrogen) atoms. The standard InChI is InChI=1S/C20H18N2O3S/c1-13(2)25-17-11-7-6-8-14(17)12-16-18(23)21-20(26)22(19(16)24)15-9-4-3-5-10-15/h3-13H,1-2H3,(H,21,23,26)/b16-12-. The fourth-order valence-electron chi connectivity index (χ4n) is 2.59. The van der Waals surface area contributed by atoms with Crippen LogP contribution in [0.25, 0.3) is 6.08 Å². The lowest BCUT2D eigenvalue weighted by Gasteiger charge is -2.29. The maximum Gasteiger partial charge on any atom is 0.270 e. The Labute approximate surface area is 157 Å². The van der Waals surface area contributed by atoms with Crippen molar-refractivity contribution in [2.75, 3.05) is 4.90 Å². The van der Waals surface area contributed by atoms with Gasteiger partial charge in [-0.15, -0.1) is 0 Å². The van der Waals surface area contributed by atoms with E-state index in [1.54, 1.807) is 36.4 Å². The number of para-hydroxylation sites is 2. The minimum Gasteiger partial charge on any atom is -0.490 e. The average Bonchev–Trinajstić information content (AvgIpc) is 2.60. The van der Waals surface area contributed by atoms with E-state index in [2.05, 4.69) is 5.32 Å². The lowest BCUT2D eigenvalue weighted by molar-refractivity contribution is -0.122. The third-order valence-corrected chi connectivity index (χ3v) is 3.98. The van der Waals surface area contributed by atoms with Crippen LogP contribution in [0.5, 0.6) is 5.75 Å². The Bertz CT molecular complexity index is 891. The number of carbonyl (C=O) groups excluding carboxylic acids is 2. The number of hydrogen-bond acceptors (Lipinski definition) is 4. The van der Waals surface area contributed by atoms with Gasteiger partial charge in [0.1, 0.15) is 11.3 Å². The van der Waals surface area contributed by atoms with Crippen LogP contribution in [0.1, 0.15) is 19.4 Å². The summed E-state index contributed by atoms with van der Waals surface area (Å²) in [7, 11) is 0. The van der Waals surface area contributed by atoms with Gasteiger partial charge in [-0.2, -0.15) is 0 Å². The lowest BCUT2D eigenvalue weighted by atomic mass is 10.1. The third-order valence-electron chi connectivity index (χ3n) is 3.70. The van der Waals surface area contributed by atoms with Crippen molar-refractivity contribution >= 4 is 40.9 Å². The Balaban J connectivity index is 2.02. The van der Waals surface area contributed by atoms with E-state index in [0.717, 1.165) is 0 Å². The van der Waals surface area contributed by atoms with Crippen molar-refractivity contribution in [2.24, 2.45) is 0 Å². The fraction of sp³-hybridized carbons (Fsp3) is 0.150. The number of benzene rings is 2. The molecule has 1 saturated heterocycles. The van der Waals surface area contributed by atoms with Gasteiger partial charge in [0.05, 0.1) is 11.8 Å². The SMILES string of the molecule is CC(C)Oc1ccccc1/C=C1/C(=O)NC(=S)N(c2ccccc2)C1=O. The highest BCUT2D eigenvalue weighted by molar-refractivity contribution is 7.80. The molecule has 1 aliphatic rings. The number of anilines is 1. The molecule has 0 spiro atoms. The minimum absolute atomic E-state index is 0.00209. The van der Waals surface area contributed by atoms with Crippen LogP contribution in [0.15, 0.2) is 60.2 Å². The first-order valence-corrected chi connectivity index (χ1v) is 8.60. The molecule has 5 nitrogen and oxygen atoms in total. The molecular weight excluding hydrogens is 348 g/mol. The van der Waals surface area contributed by atoms with E-state index in [1.807, 2.05) is 32.0 Å². The molecule has 1 heterocycles. The number of carbonyl (C=O) groups is 2. The van der Waals surface area contributed by atoms with Gasteiger partial charge in [0.25, 0.3) is 11.8 Å². The molecule has 0 aliphatic carbocycles. The molecule has 1 aliphatic heterocycles. The first-order chi connectivity index (χ1) is 12.5. The summed E-state index contributed by atoms with van der Waals surface area (Å²) in [6.07, 6.45) is 1.51. The summed E-state index contributed by atoms with van der Waals surface area (Å²) in [6.45, 7) is 3.83. The topological polar surface area (TPSA) is 58.6 Å². The van der Waals surface area contributed by atoms with Gasteiger partial charge in [0.15, 0.2) is 5.11 Å². The van der Waals surface area contributed by atoms with Crippen LogP contribution >= 0.6 is 12.2 Å². The molecule has 0 bridgehead atoms. The van der Waals surface area contributed by atoms with Gasteiger partial charge in [0.2, 0.25) is 0 Å². The van der Waals surface area contributed by atoms with Crippen molar-refractivity contribution in [1.29, 1.82) is 0 Å². The van der Waals surface area contributed by atoms with Gasteiger partial charge in [-0.1, -0.05) is 36.4 Å². The predicted molar refractivity (Wildman–Crippen MR) is 105 cm³/mol. The van der Waals surface area contributed by atoms with E-state index >= 15 is 0 Å². The Morgan fingerprint density at radius 3 is 2.38 bits per heavy atom. The molecule has 2 aromatic rings. The smallest absolute Gasteiger partial charge is 0.270 e. The summed E-state index contributed by atoms with van der Waals surface area (Å²) in [5, 5.41) is 2.64. The van der Waals surface area contributed by atoms with Crippen molar-refractivity contribution in [3.8, 4) is 5.75 Å². The van der Waals surface area contributed by atoms with E-state index in [9.17, 15) is 9.59 Å². The predicted octanol–water partition coefficient (Wildman–Crippen LogP) is 3.31. The highest BCUT2D eigenvalue weighted by Crippen LogP contribution is 2.25. The molecule has 0 aromatic heterocycles. The summed E-state index contributed by atoms with van der Waals surface area (Å²) in [6, 6.07) is 16.2. The summed E-state index contributed by atoms with van der Waals surface area (Å²) in [4.78, 5) is 26.6. The third kappa shape index (κ3) is 3.65. The second kappa shape index (κ2) is 7.49. The van der Waals surface area contributed by atoms with E-state index in [1.165, 1.54) is 11.0 Å². The van der Waals surface area contributed by atoms with Gasteiger partial charge in [-0.25, -0.2) is 0 Å². The number of thiocarbonyl (C=S) groups is 1. The molecule has 1 N–H and O–H groups in total. The van der Waals surface area contributed by atoms with Gasteiger partial charge >= 0.3 is 0 Å². The number of amides is 2. The monoisotopic (exact) mass is 366 g/mol. The van der Waals surface area contributed by atoms with E-state index < -0.39 is 11.8 Å². The van der Waals surface area contributed by atoms with Crippen molar-refractivity contribution in [1.82, 2.24) is 5.32 Å². The molecular formula is C20H18N2O3S. The van der Waals surface area contributed by atoms with Gasteiger partial charge in [-0.05, 0) is 50.3 Å². The van der Waals surface area contributed by atoms with Crippen molar-refractivity contribution in [2.45, 2.75) is 20.0 Å². The molecule has 132 valence electrons. The molecule has 2 aromatic carbocycles. The van der Waals surface area contributed by atoms with E-state index in [4.69, 9.17) is 17.0 Å². The molecule has 6 heteroatoms. The average molecular weight is 366 g/mol. The van der Waals surface area contributed by atoms with Gasteiger partial charge in [-0.3, -0.25) is 19.8 Å². The lowest BCUT2D eigenvalue weighted by Crippen LogP contribution is -2.54. The number of nitrogens with one attached hydrogen (secondary N) is 1. The summed E-state index contributed by atoms with van der Waals surface area (Å²) < 4.78 is 5.76. The number of hydrogen-bond donors (Lipinski definition) is 1. The molecule has 2 amide bonds. The second-order valence-electron chi connectivity index (χ2n) is 6.00. The minimum atomic E-state index is -0.522. The number of rotatable bonds is 4. The van der Waals surface area contributed by atoms with Crippen LogP contribution in [0.4, 0.5) is 5.69 Å². The Kier molecular flexibility index (Phi) is 5.14. The zero-order chi connectivity index (χ0) is 18.7. The van der Waals surface area contributed by atoms with Crippen LogP contribution in [0.3, 0.4) is 0 Å². The molecule has 0 atom stereocenters. The van der Waals surface area contributed by atoms with Crippen molar-refractivity contribution in [3.63, 3.8) is 0 Å². The van der Waals surface area contributed by atoms with Crippen LogP contribution in [-0.4, -0.2) is 23.0 Å². The molecule has 1 fully saturated rings. The second-order valence-corrected chi connectivity index (χ2v) is 6.38. The molecule has 0 saturated carbocycles. The largest absolute Gasteiger partial charge is 0.490 e. The zero-order valence-electron chi connectivity index (χ0n) is 14.4. The Hall–Kier alpha value is -2.99. The van der Waals surface area contributed by atoms with Gasteiger partial charge < -0.3 is 4.74 Å². The highest BCUT2D eigenvalue weighted by atomic mass is 32.1. The van der Waals surface area contributed by atoms with Gasteiger partial charge in [0, 0.05) is 5.56 Å². The first-order valence-electron chi connectivity index (χ1n) is 8.19. The van der Waals surface area contributed by atoms with Crippen LogP contribution < -0.4 is 15.0 Å². The van der Waals surface area contributed by atoms with Crippen LogP contribution in [0, 0.1) is 0 Å². The fourth-order valence-corrected chi connectivity index (χ4v) is 2.87. The normalized spacial score (nSPS) is 16.2. The van der Waals surface area contributed by atoms with Crippen molar-refractivity contribution in [3.05, 3.63) is 65.7 Å².